The van der Waals surface area contributed by atoms with Crippen molar-refractivity contribution in [3.05, 3.63) is 0 Å². The van der Waals surface area contributed by atoms with Crippen molar-refractivity contribution < 1.29 is 26.9 Å². The summed E-state index contributed by atoms with van der Waals surface area (Å²) in [6, 6.07) is 0. The van der Waals surface area contributed by atoms with E-state index in [1.54, 1.807) is 22.5 Å². The Morgan fingerprint density at radius 2 is 0.723 bits per heavy atom. The maximum absolute atomic E-state index is 11.2. The van der Waals surface area contributed by atoms with Crippen LogP contribution in [0.1, 0.15) is 156 Å². The molecule has 0 spiro atoms. The maximum atomic E-state index is 11.2. The van der Waals surface area contributed by atoms with E-state index in [2.05, 4.69) is 117 Å². The normalized spacial score (nSPS) is 12.1. The van der Waals surface area contributed by atoms with Crippen LogP contribution in [0.15, 0.2) is 0 Å². The third-order valence-electron chi connectivity index (χ3n) is 7.43. The van der Waals surface area contributed by atoms with Crippen LogP contribution in [0.4, 0.5) is 0 Å². The molecule has 0 heterocycles. The van der Waals surface area contributed by atoms with Crippen LogP contribution >= 0.6 is 37.9 Å². The Morgan fingerprint density at radius 1 is 0.468 bits per heavy atom. The fraction of sp³-hybridized carbons (Fsp3) is 0.912. The van der Waals surface area contributed by atoms with Gasteiger partial charge in [-0.05, 0) is 55.8 Å². The summed E-state index contributed by atoms with van der Waals surface area (Å²) in [5, 5.41) is 0. The van der Waals surface area contributed by atoms with E-state index in [-0.39, 0.29) is 35.7 Å². The molecule has 0 saturated heterocycles. The van der Waals surface area contributed by atoms with Gasteiger partial charge in [-0.25, -0.2) is 0 Å². The van der Waals surface area contributed by atoms with Gasteiger partial charge in [-0.3, -0.25) is 14.4 Å². The summed E-state index contributed by atoms with van der Waals surface area (Å²) < 4.78 is 14.4. The van der Waals surface area contributed by atoms with E-state index in [0.29, 0.717) is 17.3 Å². The van der Waals surface area contributed by atoms with Crippen molar-refractivity contribution >= 4 is 117 Å². The predicted octanol–water partition coefficient (Wildman–Crippen LogP) is 10.1. The van der Waals surface area contributed by atoms with Gasteiger partial charge in [-0.2, -0.15) is 37.9 Å². The van der Waals surface area contributed by atoms with Crippen molar-refractivity contribution in [3.63, 3.8) is 0 Å². The first-order valence-electron chi connectivity index (χ1n) is 17.7. The van der Waals surface area contributed by atoms with Crippen LogP contribution in [-0.2, 0) is 65.7 Å². The van der Waals surface area contributed by atoms with E-state index >= 15 is 0 Å². The molecule has 0 N–H and O–H groups in total. The Kier molecular flexibility index (Phi) is 55.4. The van der Waals surface area contributed by atoms with E-state index in [1.165, 1.54) is 75.1 Å². The molecule has 0 bridgehead atoms. The Labute approximate surface area is 336 Å². The van der Waals surface area contributed by atoms with Crippen molar-refractivity contribution in [2.75, 3.05) is 17.3 Å². The van der Waals surface area contributed by atoms with Gasteiger partial charge in [-0.1, -0.05) is 97.8 Å². The molecule has 0 fully saturated rings. The molecule has 278 valence electrons. The van der Waals surface area contributed by atoms with Gasteiger partial charge in [0.2, 0.25) is 0 Å². The molecular weight excluding hydrogens is 815 g/mol. The van der Waals surface area contributed by atoms with Crippen molar-refractivity contribution in [1.82, 2.24) is 0 Å². The van der Waals surface area contributed by atoms with E-state index < -0.39 is 0 Å². The number of carbonyl (C=O) groups is 3. The molecular formula is C34H66O6S6Sn. The van der Waals surface area contributed by atoms with E-state index in [0.717, 1.165) is 57.8 Å². The summed E-state index contributed by atoms with van der Waals surface area (Å²) in [5.74, 6) is 1.24. The zero-order valence-corrected chi connectivity index (χ0v) is 37.7. The third kappa shape index (κ3) is 41.6. The van der Waals surface area contributed by atoms with Crippen LogP contribution in [0, 0.1) is 17.8 Å². The first kappa shape index (κ1) is 55.1. The molecule has 13 heteroatoms. The SMILES string of the molecule is CCCCCCC(CCS)C(=O)O[S-].CCCCCCC(CCS)C(=O)O[S-].CCCCCCC(CCS)C(=O)O[S-].CCC[CH2][Sn+3]. The van der Waals surface area contributed by atoms with Crippen molar-refractivity contribution in [1.29, 1.82) is 0 Å². The van der Waals surface area contributed by atoms with Gasteiger partial charge in [-0.15, -0.1) is 0 Å². The number of rotatable bonds is 26. The molecule has 0 aliphatic carbocycles. The average molecular weight is 882 g/mol. The summed E-state index contributed by atoms with van der Waals surface area (Å²) in [4.78, 5) is 33.6. The molecule has 0 aromatic heterocycles. The van der Waals surface area contributed by atoms with Gasteiger partial charge >= 0.3 is 46.7 Å². The molecule has 0 radical (unpaired) electrons. The predicted molar refractivity (Wildman–Crippen MR) is 218 cm³/mol. The monoisotopic (exact) mass is 882 g/mol. The van der Waals surface area contributed by atoms with Gasteiger partial charge in [0.1, 0.15) is 0 Å². The first-order valence-corrected chi connectivity index (χ1v) is 22.6. The molecule has 3 unspecified atom stereocenters. The number of hydrogen-bond acceptors (Lipinski definition) is 12. The zero-order chi connectivity index (χ0) is 36.6. The Morgan fingerprint density at radius 3 is 0.872 bits per heavy atom. The second-order valence-electron chi connectivity index (χ2n) is 11.5. The quantitative estimate of drug-likeness (QED) is 0.0341. The number of unbranched alkanes of at least 4 members (excludes halogenated alkanes) is 10. The van der Waals surface area contributed by atoms with E-state index in [1.807, 2.05) is 0 Å². The van der Waals surface area contributed by atoms with Crippen LogP contribution < -0.4 is 0 Å². The molecule has 47 heavy (non-hydrogen) atoms. The summed E-state index contributed by atoms with van der Waals surface area (Å²) in [5.41, 5.74) is 0. The Bertz CT molecular complexity index is 584. The summed E-state index contributed by atoms with van der Waals surface area (Å²) in [6.07, 6.45) is 21.9. The topological polar surface area (TPSA) is 78.9 Å². The standard InChI is InChI=1S/3C10H20O2S2.C4H9.Sn/c3*1-2-3-4-5-6-9(7-8-13)10(11)12-14;1-3-4-2;/h3*9,13-14H,2-8H2,1H3;1,3-4H2,2H3;/q;;;;+3/p-3. The van der Waals surface area contributed by atoms with Crippen molar-refractivity contribution in [2.24, 2.45) is 17.8 Å². The molecule has 0 aromatic carbocycles. The molecule has 6 nitrogen and oxygen atoms in total. The molecule has 0 aromatic rings. The number of thiol groups is 3. The number of hydrogen-bond donors (Lipinski definition) is 3. The van der Waals surface area contributed by atoms with Gasteiger partial charge in [0.25, 0.3) is 17.9 Å². The summed E-state index contributed by atoms with van der Waals surface area (Å²) >= 11 is 26.9. The van der Waals surface area contributed by atoms with Crippen LogP contribution in [0.3, 0.4) is 0 Å². The van der Waals surface area contributed by atoms with E-state index in [9.17, 15) is 14.4 Å². The molecule has 0 aliphatic heterocycles. The molecule has 3 atom stereocenters. The minimum atomic E-state index is -0.259. The number of carbonyl (C=O) groups excluding carboxylic acids is 3. The minimum absolute atomic E-state index is 0.0399. The fourth-order valence-corrected chi connectivity index (χ4v) is 6.79. The Hall–Kier alpha value is 1.31. The van der Waals surface area contributed by atoms with Crippen molar-refractivity contribution in [3.8, 4) is 0 Å². The first-order chi connectivity index (χ1) is 22.7. The molecule has 0 rings (SSSR count). The zero-order valence-electron chi connectivity index (χ0n) is 29.7. The van der Waals surface area contributed by atoms with Crippen LogP contribution in [0.5, 0.6) is 0 Å². The van der Waals surface area contributed by atoms with Crippen LogP contribution in [0.25, 0.3) is 0 Å². The fourth-order valence-electron chi connectivity index (χ4n) is 4.44. The van der Waals surface area contributed by atoms with Crippen LogP contribution in [-0.4, -0.2) is 57.7 Å². The van der Waals surface area contributed by atoms with Crippen LogP contribution in [0.2, 0.25) is 4.44 Å². The molecule has 0 saturated carbocycles. The second kappa shape index (κ2) is 47.3. The average Bonchev–Trinajstić information content (AvgIpc) is 3.09. The Balaban J connectivity index is -0.000000275. The van der Waals surface area contributed by atoms with Gasteiger partial charge in [0, 0.05) is 0 Å². The van der Waals surface area contributed by atoms with Gasteiger partial charge < -0.3 is 51.3 Å². The third-order valence-corrected chi connectivity index (χ3v) is 9.70. The summed E-state index contributed by atoms with van der Waals surface area (Å²) in [7, 11) is 0. The summed E-state index contributed by atoms with van der Waals surface area (Å²) in [6.45, 7) is 8.73. The second-order valence-corrected chi connectivity index (χ2v) is 14.8. The van der Waals surface area contributed by atoms with Gasteiger partial charge in [0.15, 0.2) is 0 Å². The molecule has 0 aliphatic rings. The van der Waals surface area contributed by atoms with Crippen molar-refractivity contribution in [2.45, 2.75) is 161 Å². The van der Waals surface area contributed by atoms with E-state index in [4.69, 9.17) is 0 Å². The van der Waals surface area contributed by atoms with Gasteiger partial charge in [0.05, 0.1) is 17.8 Å². The molecule has 0 amide bonds.